The molecule has 0 amide bonds. The summed E-state index contributed by atoms with van der Waals surface area (Å²) in [6.07, 6.45) is 20.3. The van der Waals surface area contributed by atoms with Gasteiger partial charge in [-0.1, -0.05) is 58.1 Å². The van der Waals surface area contributed by atoms with Crippen molar-refractivity contribution in [2.45, 2.75) is 64.7 Å². The largest absolute Gasteiger partial charge is 0.506 e. The Kier molecular flexibility index (Phi) is 31.1. The van der Waals surface area contributed by atoms with Crippen LogP contribution in [0.3, 0.4) is 0 Å². The summed E-state index contributed by atoms with van der Waals surface area (Å²) in [5.41, 5.74) is 13.4. The predicted octanol–water partition coefficient (Wildman–Crippen LogP) is 11.3. The summed E-state index contributed by atoms with van der Waals surface area (Å²) < 4.78 is 131. The second kappa shape index (κ2) is 34.7. The molecule has 0 atom stereocenters. The number of nitrogens with two attached hydrogens (primary N) is 2. The van der Waals surface area contributed by atoms with Gasteiger partial charge < -0.3 is 31.7 Å². The molecule has 0 radical (unpaired) electrons. The Hall–Kier alpha value is -8.16. The Morgan fingerprint density at radius 2 is 1.45 bits per heavy atom. The van der Waals surface area contributed by atoms with E-state index in [2.05, 4.69) is 67.4 Å². The molecule has 0 aliphatic heterocycles. The third-order valence-electron chi connectivity index (χ3n) is 9.20. The Morgan fingerprint density at radius 1 is 0.838 bits per heavy atom. The zero-order valence-corrected chi connectivity index (χ0v) is 48.2. The van der Waals surface area contributed by atoms with Gasteiger partial charge in [0, 0.05) is 35.5 Å². The van der Waals surface area contributed by atoms with Gasteiger partial charge in [-0.3, -0.25) is 18.2 Å². The zero-order valence-electron chi connectivity index (χ0n) is 45.0. The number of hydrogen-bond donors (Lipinski definition) is 9. The lowest BCUT2D eigenvalue weighted by Crippen LogP contribution is -2.01. The van der Waals surface area contributed by atoms with Crippen molar-refractivity contribution in [2.75, 3.05) is 37.0 Å². The number of benzene rings is 4. The van der Waals surface area contributed by atoms with Crippen LogP contribution in [0.1, 0.15) is 53.5 Å². The minimum absolute atomic E-state index is 0.0670. The molecule has 0 unspecified atom stereocenters. The minimum Gasteiger partial charge on any atom is -0.506 e. The third-order valence-corrected chi connectivity index (χ3v) is 12.8. The van der Waals surface area contributed by atoms with Gasteiger partial charge >= 0.3 is 0 Å². The van der Waals surface area contributed by atoms with Crippen molar-refractivity contribution < 1.29 is 66.8 Å². The molecule has 28 heteroatoms. The van der Waals surface area contributed by atoms with E-state index in [9.17, 15) is 53.0 Å². The molecule has 432 valence electrons. The number of fused-ring (bicyclic) bond motifs is 1. The summed E-state index contributed by atoms with van der Waals surface area (Å²) in [6, 6.07) is 12.4. The molecule has 11 N–H and O–H groups in total. The van der Waals surface area contributed by atoms with Crippen LogP contribution >= 0.6 is 0 Å². The van der Waals surface area contributed by atoms with E-state index in [1.165, 1.54) is 62.6 Å². The first kappa shape index (κ1) is 71.8. The summed E-state index contributed by atoms with van der Waals surface area (Å²) >= 11 is 0. The molecule has 4 aromatic rings. The lowest BCUT2D eigenvalue weighted by molar-refractivity contribution is 0.309. The molecule has 0 aliphatic carbocycles. The van der Waals surface area contributed by atoms with Crippen molar-refractivity contribution in [3.8, 4) is 36.2 Å². The molecule has 0 aliphatic rings. The number of ether oxygens (including phenoxy) is 1. The highest BCUT2D eigenvalue weighted by Crippen LogP contribution is 2.42. The Morgan fingerprint density at radius 3 is 1.96 bits per heavy atom. The van der Waals surface area contributed by atoms with Crippen molar-refractivity contribution in [1.82, 2.24) is 0 Å². The molecule has 0 spiro atoms. The summed E-state index contributed by atoms with van der Waals surface area (Å²) in [6.45, 7) is 19.8. The number of nitrogen functional groups attached to an aromatic ring is 1. The van der Waals surface area contributed by atoms with E-state index in [1.807, 2.05) is 13.8 Å². The topological polar surface area (TPSA) is 405 Å². The molecule has 0 saturated carbocycles. The normalized spacial score (nSPS) is 12.4. The van der Waals surface area contributed by atoms with Crippen molar-refractivity contribution >= 4 is 85.4 Å². The summed E-state index contributed by atoms with van der Waals surface area (Å²) in [7, 11) is -16.0. The number of allylic oxidation sites excluding steroid dienone is 6. The third kappa shape index (κ3) is 26.0. The van der Waals surface area contributed by atoms with Gasteiger partial charge in [-0.25, -0.2) is 0 Å². The number of methoxy groups -OCH3 is 1. The van der Waals surface area contributed by atoms with Gasteiger partial charge in [0.25, 0.3) is 40.5 Å². The molecule has 4 aromatic carbocycles. The van der Waals surface area contributed by atoms with E-state index in [0.29, 0.717) is 40.1 Å². The smallest absolute Gasteiger partial charge is 0.296 e. The highest BCUT2D eigenvalue weighted by Gasteiger charge is 2.23. The fourth-order valence-electron chi connectivity index (χ4n) is 5.60. The maximum absolute atomic E-state index is 12.1. The average Bonchev–Trinajstić information content (AvgIpc) is 3.36. The van der Waals surface area contributed by atoms with Crippen LogP contribution in [0, 0.1) is 31.6 Å². The first-order valence-electron chi connectivity index (χ1n) is 23.0. The van der Waals surface area contributed by atoms with Gasteiger partial charge in [0.2, 0.25) is 0 Å². The number of hydrogen-bond acceptors (Lipinski definition) is 20. The SMILES string of the molecule is C#C/C=C(N=Nc1c(S(=O)(=O)O)cc2cc(NC(=C)/C=C\C(=C)OC)ccc2c1O)\C(C)=C/CN.C#CC.C/C=C(\C=C/CN=Nc1ccc(N=Nc2cc(O)c(N)cc2C)c(S(=O)(=O)O)c1)S(=O)(=O)O.CC.CCCS(=O)(=O)O. The molecule has 0 saturated heterocycles. The van der Waals surface area contributed by atoms with Crippen LogP contribution in [-0.4, -0.2) is 88.0 Å². The molecule has 0 bridgehead atoms. The zero-order chi connectivity index (χ0) is 61.6. The molecule has 80 heavy (non-hydrogen) atoms. The van der Waals surface area contributed by atoms with Crippen LogP contribution < -0.4 is 16.8 Å². The first-order chi connectivity index (χ1) is 37.3. The van der Waals surface area contributed by atoms with E-state index in [0.717, 1.165) is 12.1 Å². The highest BCUT2D eigenvalue weighted by atomic mass is 32.2. The number of phenols is 2. The number of nitrogens with zero attached hydrogens (tertiary/aromatic N) is 6. The van der Waals surface area contributed by atoms with Gasteiger partial charge in [-0.2, -0.15) is 49.0 Å². The molecule has 0 heterocycles. The second-order valence-electron chi connectivity index (χ2n) is 15.2. The monoisotopic (exact) mass is 1180 g/mol. The average molecular weight is 1180 g/mol. The predicted molar refractivity (Wildman–Crippen MR) is 312 cm³/mol. The van der Waals surface area contributed by atoms with Crippen LogP contribution in [0.2, 0.25) is 0 Å². The van der Waals surface area contributed by atoms with Crippen molar-refractivity contribution in [3.05, 3.63) is 143 Å². The van der Waals surface area contributed by atoms with Gasteiger partial charge in [-0.15, -0.1) is 34.1 Å². The van der Waals surface area contributed by atoms with Crippen LogP contribution in [-0.2, 0) is 45.2 Å². The molecule has 24 nitrogen and oxygen atoms in total. The maximum atomic E-state index is 12.1. The van der Waals surface area contributed by atoms with Crippen molar-refractivity contribution in [2.24, 2.45) is 36.4 Å². The summed E-state index contributed by atoms with van der Waals surface area (Å²) in [5, 5.41) is 47.4. The molecule has 0 aromatic heterocycles. The Balaban J connectivity index is 0.00000130. The molecule has 4 rings (SSSR count). The standard InChI is InChI=1S/C25H26N4O5S.C19H21N5O7S2.C3H8O3S.C3H4.C2H6/c1-6-7-22(16(2)12-13-26)28-29-24-23(35(31,32)33)15-19-14-20(10-11-21(19)25(24)30)27-17(3)8-9-18(4)34-5;1-3-14(32(26,27)28)5-4-8-21-22-13-6-7-16(19(10-13)33(29,30)31)23-24-17-11-18(25)15(20)9-12(17)2;1-2-3-7(4,5)6;1-3-2;1-2/h1,7-12,14-15,27,30H,3-4,13,26H2,2,5H3,(H,31,32,33);3-7,9-11,25H,8,20H2,1-2H3,(H,26,27,28)(H,29,30,31);2-3H2,1H3,(H,4,5,6);1H,2H3;1-2H3/b9-8-,16-12-,22-7+,29-28?;5-4-,14-3+,22-21?,24-23?;;;. The van der Waals surface area contributed by atoms with E-state index in [4.69, 9.17) is 31.7 Å². The Bertz CT molecular complexity index is 3650. The van der Waals surface area contributed by atoms with Gasteiger partial charge in [0.1, 0.15) is 32.7 Å². The number of aromatic hydroxyl groups is 2. The number of terminal acetylenes is 2. The maximum Gasteiger partial charge on any atom is 0.296 e. The van der Waals surface area contributed by atoms with E-state index >= 15 is 0 Å². The fourth-order valence-corrected chi connectivity index (χ4v) is 7.98. The number of azo groups is 3. The lowest BCUT2D eigenvalue weighted by atomic mass is 10.1. The molecular formula is C52H65N9O15S4. The van der Waals surface area contributed by atoms with Crippen LogP contribution in [0.25, 0.3) is 10.8 Å². The van der Waals surface area contributed by atoms with Gasteiger partial charge in [-0.05, 0) is 117 Å². The van der Waals surface area contributed by atoms with Crippen LogP contribution in [0.5, 0.6) is 11.5 Å². The second-order valence-corrected chi connectivity index (χ2v) is 21.0. The van der Waals surface area contributed by atoms with Crippen molar-refractivity contribution in [1.29, 1.82) is 0 Å². The Labute approximate surface area is 467 Å². The fraction of sp³-hybridized carbons (Fsp3) is 0.231. The quantitative estimate of drug-likeness (QED) is 0.00755. The molecule has 0 fully saturated rings. The van der Waals surface area contributed by atoms with Gasteiger partial charge in [0.15, 0.2) is 5.75 Å². The number of aryl methyl sites for hydroxylation is 1. The van der Waals surface area contributed by atoms with E-state index in [1.54, 1.807) is 64.1 Å². The number of rotatable bonds is 20. The number of phenolic OH excluding ortho intramolecular Hbond substituents is 2. The molecular weight excluding hydrogens is 1120 g/mol. The lowest BCUT2D eigenvalue weighted by Gasteiger charge is -2.12. The van der Waals surface area contributed by atoms with Crippen LogP contribution in [0.4, 0.5) is 34.1 Å². The van der Waals surface area contributed by atoms with Crippen LogP contribution in [0.15, 0.2) is 178 Å². The summed E-state index contributed by atoms with van der Waals surface area (Å²) in [5.74, 6) is 4.17. The van der Waals surface area contributed by atoms with Gasteiger partial charge in [0.05, 0.1) is 47.1 Å². The van der Waals surface area contributed by atoms with E-state index < -0.39 is 61.7 Å². The van der Waals surface area contributed by atoms with Crippen molar-refractivity contribution in [3.63, 3.8) is 0 Å². The highest BCUT2D eigenvalue weighted by molar-refractivity contribution is 7.90. The number of nitrogens with one attached hydrogen (secondary N) is 1. The van der Waals surface area contributed by atoms with E-state index in [-0.39, 0.29) is 63.3 Å². The number of anilines is 2. The first-order valence-corrected chi connectivity index (χ1v) is 29.0. The summed E-state index contributed by atoms with van der Waals surface area (Å²) in [4.78, 5) is -1.51. The minimum atomic E-state index is -4.78.